The standard InChI is InChI=1S/C12H18N4O/c1-17-11-7-10(4-5-15-11)16-6-2-3-9(8-16)12(13)14/h4-5,7,9H,2-3,6,8H2,1H3,(H3,13,14). The molecule has 0 aromatic carbocycles. The number of hydrogen-bond donors (Lipinski definition) is 2. The average molecular weight is 234 g/mol. The van der Waals surface area contributed by atoms with Crippen LogP contribution < -0.4 is 15.4 Å². The molecule has 0 bridgehead atoms. The predicted molar refractivity (Wildman–Crippen MR) is 67.6 cm³/mol. The molecule has 5 heteroatoms. The first-order valence-corrected chi connectivity index (χ1v) is 5.79. The van der Waals surface area contributed by atoms with Crippen molar-refractivity contribution in [3.63, 3.8) is 0 Å². The molecular weight excluding hydrogens is 216 g/mol. The van der Waals surface area contributed by atoms with Gasteiger partial charge in [0.2, 0.25) is 5.88 Å². The topological polar surface area (TPSA) is 75.2 Å². The van der Waals surface area contributed by atoms with Gasteiger partial charge < -0.3 is 15.4 Å². The number of amidine groups is 1. The Bertz CT molecular complexity index is 407. The van der Waals surface area contributed by atoms with Gasteiger partial charge in [-0.2, -0.15) is 0 Å². The lowest BCUT2D eigenvalue weighted by molar-refractivity contribution is 0.397. The van der Waals surface area contributed by atoms with E-state index >= 15 is 0 Å². The van der Waals surface area contributed by atoms with E-state index in [4.69, 9.17) is 15.9 Å². The van der Waals surface area contributed by atoms with E-state index in [2.05, 4.69) is 9.88 Å². The molecule has 1 aromatic heterocycles. The molecule has 17 heavy (non-hydrogen) atoms. The number of methoxy groups -OCH3 is 1. The summed E-state index contributed by atoms with van der Waals surface area (Å²) in [7, 11) is 1.61. The average Bonchev–Trinajstić information content (AvgIpc) is 2.39. The second kappa shape index (κ2) is 5.03. The fourth-order valence-electron chi connectivity index (χ4n) is 2.17. The van der Waals surface area contributed by atoms with E-state index in [0.717, 1.165) is 31.6 Å². The molecule has 1 unspecified atom stereocenters. The van der Waals surface area contributed by atoms with E-state index in [1.165, 1.54) is 0 Å². The SMILES string of the molecule is COc1cc(N2CCCC(C(=N)N)C2)ccn1. The molecule has 0 amide bonds. The van der Waals surface area contributed by atoms with Gasteiger partial charge in [-0.3, -0.25) is 5.41 Å². The van der Waals surface area contributed by atoms with Gasteiger partial charge in [0.15, 0.2) is 0 Å². The van der Waals surface area contributed by atoms with Crippen molar-refractivity contribution in [2.75, 3.05) is 25.1 Å². The summed E-state index contributed by atoms with van der Waals surface area (Å²) in [5.74, 6) is 1.08. The summed E-state index contributed by atoms with van der Waals surface area (Å²) in [6.07, 6.45) is 3.81. The van der Waals surface area contributed by atoms with Crippen LogP contribution in [0, 0.1) is 11.3 Å². The highest BCUT2D eigenvalue weighted by molar-refractivity contribution is 5.80. The Morgan fingerprint density at radius 1 is 1.65 bits per heavy atom. The summed E-state index contributed by atoms with van der Waals surface area (Å²) in [5.41, 5.74) is 6.67. The van der Waals surface area contributed by atoms with Gasteiger partial charge in [0.05, 0.1) is 12.9 Å². The molecule has 1 aliphatic heterocycles. The summed E-state index contributed by atoms with van der Waals surface area (Å²) >= 11 is 0. The molecule has 0 radical (unpaired) electrons. The van der Waals surface area contributed by atoms with Crippen LogP contribution in [0.25, 0.3) is 0 Å². The predicted octanol–water partition coefficient (Wildman–Crippen LogP) is 1.24. The second-order valence-corrected chi connectivity index (χ2v) is 4.30. The maximum absolute atomic E-state index is 7.53. The first kappa shape index (κ1) is 11.7. The summed E-state index contributed by atoms with van der Waals surface area (Å²) in [6.45, 7) is 1.81. The van der Waals surface area contributed by atoms with Crippen molar-refractivity contribution in [2.24, 2.45) is 11.7 Å². The number of nitrogens with zero attached hydrogens (tertiary/aromatic N) is 2. The molecule has 92 valence electrons. The zero-order valence-electron chi connectivity index (χ0n) is 10.0. The van der Waals surface area contributed by atoms with Crippen LogP contribution in [0.5, 0.6) is 5.88 Å². The van der Waals surface area contributed by atoms with E-state index in [1.807, 2.05) is 12.1 Å². The maximum Gasteiger partial charge on any atom is 0.214 e. The van der Waals surface area contributed by atoms with Crippen molar-refractivity contribution in [1.82, 2.24) is 4.98 Å². The third-order valence-electron chi connectivity index (χ3n) is 3.15. The summed E-state index contributed by atoms with van der Waals surface area (Å²) in [5, 5.41) is 7.53. The Balaban J connectivity index is 2.13. The molecule has 3 N–H and O–H groups in total. The lowest BCUT2D eigenvalue weighted by Gasteiger charge is -2.33. The molecule has 0 aliphatic carbocycles. The minimum atomic E-state index is 0.169. The van der Waals surface area contributed by atoms with Gasteiger partial charge in [-0.15, -0.1) is 0 Å². The van der Waals surface area contributed by atoms with Crippen LogP contribution in [0.3, 0.4) is 0 Å². The number of piperidine rings is 1. The third kappa shape index (κ3) is 2.67. The molecule has 1 aromatic rings. The minimum Gasteiger partial charge on any atom is -0.481 e. The molecular formula is C12H18N4O. The van der Waals surface area contributed by atoms with Gasteiger partial charge >= 0.3 is 0 Å². The van der Waals surface area contributed by atoms with Gasteiger partial charge in [-0.25, -0.2) is 4.98 Å². The van der Waals surface area contributed by atoms with Crippen molar-refractivity contribution in [3.05, 3.63) is 18.3 Å². The first-order valence-electron chi connectivity index (χ1n) is 5.79. The Hall–Kier alpha value is -1.78. The molecule has 0 spiro atoms. The summed E-state index contributed by atoms with van der Waals surface area (Å²) < 4.78 is 5.12. The third-order valence-corrected chi connectivity index (χ3v) is 3.15. The molecule has 2 rings (SSSR count). The van der Waals surface area contributed by atoms with Crippen LogP contribution in [0.2, 0.25) is 0 Å². The van der Waals surface area contributed by atoms with E-state index < -0.39 is 0 Å². The quantitative estimate of drug-likeness (QED) is 0.609. The van der Waals surface area contributed by atoms with E-state index in [1.54, 1.807) is 13.3 Å². The number of nitrogens with one attached hydrogen (secondary N) is 1. The summed E-state index contributed by atoms with van der Waals surface area (Å²) in [4.78, 5) is 6.33. The second-order valence-electron chi connectivity index (χ2n) is 4.30. The Labute approximate surface area is 101 Å². The Kier molecular flexibility index (Phi) is 3.46. The lowest BCUT2D eigenvalue weighted by atomic mass is 9.97. The van der Waals surface area contributed by atoms with Crippen LogP contribution >= 0.6 is 0 Å². The number of pyridine rings is 1. The molecule has 5 nitrogen and oxygen atoms in total. The first-order chi connectivity index (χ1) is 8.20. The molecule has 0 saturated carbocycles. The van der Waals surface area contributed by atoms with E-state index in [9.17, 15) is 0 Å². The van der Waals surface area contributed by atoms with Crippen molar-refractivity contribution in [1.29, 1.82) is 5.41 Å². The van der Waals surface area contributed by atoms with Crippen LogP contribution in [-0.4, -0.2) is 31.0 Å². The van der Waals surface area contributed by atoms with Crippen LogP contribution in [0.1, 0.15) is 12.8 Å². The van der Waals surface area contributed by atoms with Crippen molar-refractivity contribution >= 4 is 11.5 Å². The Morgan fingerprint density at radius 3 is 3.18 bits per heavy atom. The van der Waals surface area contributed by atoms with Gasteiger partial charge in [0.1, 0.15) is 0 Å². The van der Waals surface area contributed by atoms with Gasteiger partial charge in [0.25, 0.3) is 0 Å². The van der Waals surface area contributed by atoms with Crippen molar-refractivity contribution in [2.45, 2.75) is 12.8 Å². The number of nitrogens with two attached hydrogens (primary N) is 1. The monoisotopic (exact) mass is 234 g/mol. The Morgan fingerprint density at radius 2 is 2.47 bits per heavy atom. The molecule has 1 saturated heterocycles. The zero-order valence-corrected chi connectivity index (χ0v) is 10.0. The van der Waals surface area contributed by atoms with Crippen LogP contribution in [0.15, 0.2) is 18.3 Å². The highest BCUT2D eigenvalue weighted by Crippen LogP contribution is 2.24. The molecule has 1 atom stereocenters. The van der Waals surface area contributed by atoms with Gasteiger partial charge in [-0.1, -0.05) is 0 Å². The molecule has 2 heterocycles. The van der Waals surface area contributed by atoms with Crippen LogP contribution in [-0.2, 0) is 0 Å². The van der Waals surface area contributed by atoms with Crippen molar-refractivity contribution in [3.8, 4) is 5.88 Å². The van der Waals surface area contributed by atoms with Gasteiger partial charge in [-0.05, 0) is 18.9 Å². The molecule has 1 fully saturated rings. The lowest BCUT2D eigenvalue weighted by Crippen LogP contribution is -2.40. The summed E-state index contributed by atoms with van der Waals surface area (Å²) in [6, 6.07) is 3.88. The highest BCUT2D eigenvalue weighted by Gasteiger charge is 2.22. The van der Waals surface area contributed by atoms with E-state index in [-0.39, 0.29) is 11.8 Å². The normalized spacial score (nSPS) is 20.1. The van der Waals surface area contributed by atoms with E-state index in [0.29, 0.717) is 5.88 Å². The number of hydrogen-bond acceptors (Lipinski definition) is 4. The molecule has 1 aliphatic rings. The van der Waals surface area contributed by atoms with Crippen molar-refractivity contribution < 1.29 is 4.74 Å². The highest BCUT2D eigenvalue weighted by atomic mass is 16.5. The zero-order chi connectivity index (χ0) is 12.3. The van der Waals surface area contributed by atoms with Crippen LogP contribution in [0.4, 0.5) is 5.69 Å². The smallest absolute Gasteiger partial charge is 0.214 e. The fraction of sp³-hybridized carbons (Fsp3) is 0.500. The van der Waals surface area contributed by atoms with Gasteiger partial charge in [0, 0.05) is 37.0 Å². The number of ether oxygens (including phenoxy) is 1. The number of rotatable bonds is 3. The fourth-order valence-corrected chi connectivity index (χ4v) is 2.17. The minimum absolute atomic E-state index is 0.169. The largest absolute Gasteiger partial charge is 0.481 e. The number of aromatic nitrogens is 1. The number of anilines is 1. The maximum atomic E-state index is 7.53.